The first-order valence-corrected chi connectivity index (χ1v) is 8.76. The van der Waals surface area contributed by atoms with Gasteiger partial charge < -0.3 is 15.2 Å². The van der Waals surface area contributed by atoms with E-state index in [1.165, 1.54) is 4.57 Å². The molecular weight excluding hydrogens is 344 g/mol. The highest BCUT2D eigenvalue weighted by Gasteiger charge is 2.26. The molecule has 4 rings (SSSR count). The van der Waals surface area contributed by atoms with E-state index < -0.39 is 0 Å². The van der Waals surface area contributed by atoms with Gasteiger partial charge in [-0.1, -0.05) is 6.92 Å². The molecule has 138 valence electrons. The highest BCUT2D eigenvalue weighted by Crippen LogP contribution is 2.36. The Hall–Kier alpha value is -3.35. The molecule has 7 heteroatoms. The Balaban J connectivity index is 1.64. The molecule has 1 aliphatic heterocycles. The van der Waals surface area contributed by atoms with Gasteiger partial charge in [0.25, 0.3) is 5.91 Å². The van der Waals surface area contributed by atoms with Crippen molar-refractivity contribution in [1.29, 1.82) is 0 Å². The summed E-state index contributed by atoms with van der Waals surface area (Å²) in [4.78, 5) is 40.7. The topological polar surface area (TPSA) is 87.2 Å². The monoisotopic (exact) mass is 364 g/mol. The molecule has 3 aromatic rings. The van der Waals surface area contributed by atoms with Crippen LogP contribution in [0.3, 0.4) is 0 Å². The van der Waals surface area contributed by atoms with E-state index in [2.05, 4.69) is 10.3 Å². The van der Waals surface area contributed by atoms with Crippen LogP contribution in [0.15, 0.2) is 41.2 Å². The average Bonchev–Trinajstić information content (AvgIpc) is 2.93. The number of carbonyl (C=O) groups is 2. The molecular formula is C20H20N4O3. The van der Waals surface area contributed by atoms with E-state index in [-0.39, 0.29) is 23.4 Å². The number of amides is 2. The van der Waals surface area contributed by atoms with Crippen molar-refractivity contribution in [3.8, 4) is 0 Å². The van der Waals surface area contributed by atoms with E-state index in [0.717, 1.165) is 11.3 Å². The molecule has 0 aliphatic carbocycles. The molecule has 0 spiro atoms. The lowest BCUT2D eigenvalue weighted by atomic mass is 9.91. The molecule has 7 nitrogen and oxygen atoms in total. The minimum atomic E-state index is -0.251. The summed E-state index contributed by atoms with van der Waals surface area (Å²) in [6.45, 7) is 2.01. The zero-order valence-electron chi connectivity index (χ0n) is 15.4. The normalized spacial score (nSPS) is 16.5. The highest BCUT2D eigenvalue weighted by molar-refractivity contribution is 6.06. The zero-order chi connectivity index (χ0) is 19.3. The van der Waals surface area contributed by atoms with Crippen molar-refractivity contribution in [1.82, 2.24) is 9.55 Å². The van der Waals surface area contributed by atoms with Crippen LogP contribution in [0.25, 0.3) is 11.0 Å². The number of aryl methyl sites for hydroxylation is 1. The van der Waals surface area contributed by atoms with Crippen molar-refractivity contribution in [3.05, 3.63) is 58.0 Å². The van der Waals surface area contributed by atoms with Crippen molar-refractivity contribution in [2.24, 2.45) is 7.05 Å². The molecule has 1 atom stereocenters. The fraction of sp³-hybridized carbons (Fsp3) is 0.250. The summed E-state index contributed by atoms with van der Waals surface area (Å²) in [7, 11) is 3.42. The summed E-state index contributed by atoms with van der Waals surface area (Å²) in [5.41, 5.74) is 4.21. The molecule has 27 heavy (non-hydrogen) atoms. The summed E-state index contributed by atoms with van der Waals surface area (Å²) < 4.78 is 1.47. The predicted octanol–water partition coefficient (Wildman–Crippen LogP) is 2.59. The quantitative estimate of drug-likeness (QED) is 0.733. The van der Waals surface area contributed by atoms with Gasteiger partial charge in [-0.15, -0.1) is 0 Å². The summed E-state index contributed by atoms with van der Waals surface area (Å²) in [6, 6.07) is 10.7. The predicted molar refractivity (Wildman–Crippen MR) is 104 cm³/mol. The van der Waals surface area contributed by atoms with E-state index in [9.17, 15) is 14.4 Å². The standard InChI is InChI=1S/C20H20N4O3/c1-11-8-18(25)23(2)16-7-5-13(10-14(11)16)21-19(26)12-4-6-15-17(9-12)24(3)20(27)22-15/h4-7,9-11H,8H2,1-3H3,(H,21,26)(H,22,27). The highest BCUT2D eigenvalue weighted by atomic mass is 16.2. The number of hydrogen-bond donors (Lipinski definition) is 2. The average molecular weight is 364 g/mol. The number of imidazole rings is 1. The third kappa shape index (κ3) is 2.81. The van der Waals surface area contributed by atoms with Gasteiger partial charge in [-0.05, 0) is 47.9 Å². The van der Waals surface area contributed by atoms with E-state index >= 15 is 0 Å². The van der Waals surface area contributed by atoms with E-state index in [4.69, 9.17) is 0 Å². The number of hydrogen-bond acceptors (Lipinski definition) is 3. The van der Waals surface area contributed by atoms with Crippen molar-refractivity contribution in [2.75, 3.05) is 17.3 Å². The number of carbonyl (C=O) groups excluding carboxylic acids is 2. The molecule has 0 fully saturated rings. The summed E-state index contributed by atoms with van der Waals surface area (Å²) in [6.07, 6.45) is 0.457. The summed E-state index contributed by atoms with van der Waals surface area (Å²) in [5.74, 6) is -0.0538. The van der Waals surface area contributed by atoms with Crippen LogP contribution in [-0.4, -0.2) is 28.4 Å². The van der Waals surface area contributed by atoms with E-state index in [1.807, 2.05) is 19.1 Å². The Morgan fingerprint density at radius 1 is 1.15 bits per heavy atom. The first-order valence-electron chi connectivity index (χ1n) is 8.76. The Labute approximate surface area is 155 Å². The first kappa shape index (κ1) is 17.1. The van der Waals surface area contributed by atoms with Crippen molar-refractivity contribution in [3.63, 3.8) is 0 Å². The van der Waals surface area contributed by atoms with Gasteiger partial charge in [-0.25, -0.2) is 4.79 Å². The maximum atomic E-state index is 12.7. The molecule has 0 radical (unpaired) electrons. The zero-order valence-corrected chi connectivity index (χ0v) is 15.4. The Morgan fingerprint density at radius 2 is 1.93 bits per heavy atom. The maximum Gasteiger partial charge on any atom is 0.326 e. The van der Waals surface area contributed by atoms with Gasteiger partial charge in [0.1, 0.15) is 0 Å². The molecule has 2 amide bonds. The second-order valence-corrected chi connectivity index (χ2v) is 7.01. The van der Waals surface area contributed by atoms with Crippen LogP contribution in [0.2, 0.25) is 0 Å². The fourth-order valence-electron chi connectivity index (χ4n) is 3.54. The van der Waals surface area contributed by atoms with E-state index in [1.54, 1.807) is 43.3 Å². The Morgan fingerprint density at radius 3 is 2.70 bits per heavy atom. The molecule has 1 unspecified atom stereocenters. The number of rotatable bonds is 2. The summed E-state index contributed by atoms with van der Waals surface area (Å²) in [5, 5.41) is 2.91. The van der Waals surface area contributed by atoms with Crippen LogP contribution in [-0.2, 0) is 11.8 Å². The van der Waals surface area contributed by atoms with Gasteiger partial charge in [-0.2, -0.15) is 0 Å². The van der Waals surface area contributed by atoms with Crippen molar-refractivity contribution >= 4 is 34.2 Å². The molecule has 1 aromatic heterocycles. The van der Waals surface area contributed by atoms with Gasteiger partial charge >= 0.3 is 5.69 Å². The Kier molecular flexibility index (Phi) is 3.87. The molecule has 0 saturated carbocycles. The van der Waals surface area contributed by atoms with Crippen LogP contribution in [0, 0.1) is 0 Å². The smallest absolute Gasteiger partial charge is 0.322 e. The number of anilines is 2. The molecule has 2 N–H and O–H groups in total. The molecule has 2 aromatic carbocycles. The lowest BCUT2D eigenvalue weighted by Gasteiger charge is -2.30. The second-order valence-electron chi connectivity index (χ2n) is 7.01. The fourth-order valence-corrected chi connectivity index (χ4v) is 3.54. The van der Waals surface area contributed by atoms with E-state index in [0.29, 0.717) is 28.7 Å². The van der Waals surface area contributed by atoms with Crippen LogP contribution in [0.4, 0.5) is 11.4 Å². The number of nitrogens with one attached hydrogen (secondary N) is 2. The number of fused-ring (bicyclic) bond motifs is 2. The number of nitrogens with zero attached hydrogens (tertiary/aromatic N) is 2. The van der Waals surface area contributed by atoms with Crippen LogP contribution < -0.4 is 15.9 Å². The lowest BCUT2D eigenvalue weighted by Crippen LogP contribution is -2.32. The number of aromatic amines is 1. The number of H-pyrrole nitrogens is 1. The minimum Gasteiger partial charge on any atom is -0.322 e. The number of aromatic nitrogens is 2. The van der Waals surface area contributed by atoms with Gasteiger partial charge in [0.15, 0.2) is 0 Å². The van der Waals surface area contributed by atoms with Gasteiger partial charge in [0.05, 0.1) is 11.0 Å². The molecule has 0 saturated heterocycles. The molecule has 0 bridgehead atoms. The van der Waals surface area contributed by atoms with Crippen molar-refractivity contribution < 1.29 is 9.59 Å². The lowest BCUT2D eigenvalue weighted by molar-refractivity contribution is -0.119. The third-order valence-electron chi connectivity index (χ3n) is 5.20. The van der Waals surface area contributed by atoms with Crippen LogP contribution in [0.5, 0.6) is 0 Å². The van der Waals surface area contributed by atoms with Crippen LogP contribution >= 0.6 is 0 Å². The second kappa shape index (κ2) is 6.12. The SMILES string of the molecule is CC1CC(=O)N(C)c2ccc(NC(=O)c3ccc4[nH]c(=O)n(C)c4c3)cc21. The Bertz CT molecular complexity index is 1140. The largest absolute Gasteiger partial charge is 0.326 e. The van der Waals surface area contributed by atoms with Gasteiger partial charge in [-0.3, -0.25) is 14.2 Å². The molecule has 1 aliphatic rings. The van der Waals surface area contributed by atoms with Gasteiger partial charge in [0.2, 0.25) is 5.91 Å². The maximum absolute atomic E-state index is 12.7. The van der Waals surface area contributed by atoms with Gasteiger partial charge in [0, 0.05) is 37.5 Å². The third-order valence-corrected chi connectivity index (χ3v) is 5.20. The summed E-state index contributed by atoms with van der Waals surface area (Å²) >= 11 is 0. The van der Waals surface area contributed by atoms with Crippen molar-refractivity contribution in [2.45, 2.75) is 19.3 Å². The first-order chi connectivity index (χ1) is 12.8. The number of benzene rings is 2. The van der Waals surface area contributed by atoms with Crippen LogP contribution in [0.1, 0.15) is 35.2 Å². The minimum absolute atomic E-state index is 0.0946. The molecule has 2 heterocycles.